The monoisotopic (exact) mass is 993 g/mol. The van der Waals surface area contributed by atoms with Crippen LogP contribution in [-0.2, 0) is 28.8 Å². The van der Waals surface area contributed by atoms with Crippen molar-refractivity contribution in [2.45, 2.75) is 57.4 Å². The zero-order chi connectivity index (χ0) is 42.6. The van der Waals surface area contributed by atoms with Crippen molar-refractivity contribution in [1.82, 2.24) is 35.1 Å². The Kier molecular flexibility index (Phi) is 24.0. The maximum absolute atomic E-state index is 12.9. The van der Waals surface area contributed by atoms with Gasteiger partial charge in [-0.15, -0.1) is 0 Å². The molecule has 0 bridgehead atoms. The summed E-state index contributed by atoms with van der Waals surface area (Å²) in [4.78, 5) is 93.6. The van der Waals surface area contributed by atoms with Crippen LogP contribution in [0.25, 0.3) is 0 Å². The molecule has 2 aliphatic rings. The first kappa shape index (κ1) is 51.7. The molecule has 0 unspecified atom stereocenters. The van der Waals surface area contributed by atoms with E-state index in [0.717, 1.165) is 0 Å². The van der Waals surface area contributed by atoms with Crippen LogP contribution in [0.15, 0.2) is 24.3 Å². The summed E-state index contributed by atoms with van der Waals surface area (Å²) in [6, 6.07) is 5.60. The first-order chi connectivity index (χ1) is 27.6. The van der Waals surface area contributed by atoms with E-state index in [1.807, 2.05) is 4.90 Å². The molecule has 3 rings (SSSR count). The third-order valence-corrected chi connectivity index (χ3v) is 10.1. The molecular weight excluding hydrogens is 934 g/mol. The number of carbonyl (C=O) groups is 7. The molecule has 0 aliphatic carbocycles. The van der Waals surface area contributed by atoms with Gasteiger partial charge in [-0.1, -0.05) is 6.42 Å². The normalized spacial score (nSPS) is 18.0. The van der Waals surface area contributed by atoms with Crippen LogP contribution in [0.4, 0.5) is 5.69 Å². The summed E-state index contributed by atoms with van der Waals surface area (Å²) in [6.45, 7) is 4.16. The quantitative estimate of drug-likeness (QED) is 0.0486. The van der Waals surface area contributed by atoms with Gasteiger partial charge in [0.25, 0.3) is 5.91 Å². The maximum atomic E-state index is 12.9. The van der Waals surface area contributed by atoms with E-state index < -0.39 is 42.9 Å². The summed E-state index contributed by atoms with van der Waals surface area (Å²) < 4.78 is 0. The number of aliphatic carboxylic acids is 3. The van der Waals surface area contributed by atoms with Gasteiger partial charge in [0.05, 0.1) is 38.7 Å². The molecule has 8 N–H and O–H groups in total. The van der Waals surface area contributed by atoms with Gasteiger partial charge in [0.1, 0.15) is 6.04 Å². The fourth-order valence-corrected chi connectivity index (χ4v) is 6.89. The largest absolute Gasteiger partial charge is 0.480 e. The Labute approximate surface area is 373 Å². The molecule has 0 saturated carbocycles. The number of nitrogens with zero attached hydrogens (tertiary/aromatic N) is 5. The molecule has 1 aromatic carbocycles. The third kappa shape index (κ3) is 20.1. The first-order valence-corrected chi connectivity index (χ1v) is 19.8. The van der Waals surface area contributed by atoms with Gasteiger partial charge in [-0.05, 0) is 56.9 Å². The van der Waals surface area contributed by atoms with Crippen molar-refractivity contribution in [2.75, 3.05) is 103 Å². The number of benzene rings is 1. The standard InChI is InChI=1S/C37H59BN8O12.Lu/c1-27(37(56)46-13-5-7-31(46)38(57)58)41-36(55)28-8-10-29(11-9-28)40-22-30(47)6-3-2-4-12-39-32(48)23-42-14-16-43(24-33(49)50)18-20-45(26-35(53)54)21-19-44(17-15-42)25-34(51)52;/h8-11,27,31,40,57-58H,2-7,12-26H2,1H3,(H,39,48)(H,41,55)(H,49,50)(H,51,52)(H,53,54);/t27-,31+;/m1./s1. The van der Waals surface area contributed by atoms with Crippen LogP contribution >= 0.6 is 0 Å². The van der Waals surface area contributed by atoms with Gasteiger partial charge in [-0.3, -0.25) is 53.2 Å². The van der Waals surface area contributed by atoms with E-state index in [9.17, 15) is 58.9 Å². The van der Waals surface area contributed by atoms with Crippen LogP contribution in [0.5, 0.6) is 0 Å². The molecule has 0 aromatic heterocycles. The molecule has 1 aromatic rings. The number of nitrogens with one attached hydrogen (secondary N) is 3. The minimum atomic E-state index is -1.64. The summed E-state index contributed by atoms with van der Waals surface area (Å²) in [7, 11) is -1.64. The number of amides is 3. The number of Topliss-reactive ketones (excluding diaryl/α,β-unsaturated/α-hetero) is 1. The van der Waals surface area contributed by atoms with E-state index in [2.05, 4.69) is 16.0 Å². The average Bonchev–Trinajstić information content (AvgIpc) is 3.66. The number of carboxylic acids is 3. The predicted molar refractivity (Wildman–Crippen MR) is 212 cm³/mol. The fraction of sp³-hybridized carbons (Fsp3) is 0.649. The van der Waals surface area contributed by atoms with Crippen LogP contribution in [0, 0.1) is 36.9 Å². The molecule has 2 aliphatic heterocycles. The Bertz CT molecular complexity index is 1510. The molecule has 1 radical (unpaired) electrons. The van der Waals surface area contributed by atoms with Crippen molar-refractivity contribution in [3.8, 4) is 0 Å². The molecule has 2 saturated heterocycles. The fourth-order valence-electron chi connectivity index (χ4n) is 6.89. The summed E-state index contributed by atoms with van der Waals surface area (Å²) >= 11 is 0. The summed E-state index contributed by atoms with van der Waals surface area (Å²) in [6.07, 6.45) is 3.43. The van der Waals surface area contributed by atoms with E-state index in [4.69, 9.17) is 0 Å². The van der Waals surface area contributed by atoms with E-state index in [0.29, 0.717) is 89.0 Å². The molecule has 2 heterocycles. The predicted octanol–water partition coefficient (Wildman–Crippen LogP) is -2.06. The number of ketones is 1. The molecule has 59 heavy (non-hydrogen) atoms. The van der Waals surface area contributed by atoms with Gasteiger partial charge in [-0.25, -0.2) is 0 Å². The van der Waals surface area contributed by atoms with E-state index in [1.54, 1.807) is 45.9 Å². The van der Waals surface area contributed by atoms with Crippen molar-refractivity contribution in [3.63, 3.8) is 0 Å². The Morgan fingerprint density at radius 1 is 0.712 bits per heavy atom. The number of unbranched alkanes of at least 4 members (excludes halogenated alkanes) is 2. The smallest absolute Gasteiger partial charge is 0.475 e. The van der Waals surface area contributed by atoms with Crippen LogP contribution in [-0.4, -0.2) is 209 Å². The summed E-state index contributed by atoms with van der Waals surface area (Å²) in [5, 5.41) is 55.8. The molecule has 20 nitrogen and oxygen atoms in total. The Morgan fingerprint density at radius 2 is 1.20 bits per heavy atom. The average molecular weight is 994 g/mol. The van der Waals surface area contributed by atoms with Crippen LogP contribution in [0.1, 0.15) is 55.8 Å². The summed E-state index contributed by atoms with van der Waals surface area (Å²) in [5.41, 5.74) is 0.956. The van der Waals surface area contributed by atoms with Crippen LogP contribution in [0.2, 0.25) is 0 Å². The number of rotatable bonds is 21. The second-order valence-electron chi connectivity index (χ2n) is 14.8. The maximum Gasteiger partial charge on any atom is 0.475 e. The van der Waals surface area contributed by atoms with Crippen molar-refractivity contribution in [2.24, 2.45) is 0 Å². The molecule has 0 spiro atoms. The van der Waals surface area contributed by atoms with Gasteiger partial charge in [-0.2, -0.15) is 0 Å². The Morgan fingerprint density at radius 3 is 1.68 bits per heavy atom. The number of carbonyl (C=O) groups excluding carboxylic acids is 4. The Balaban J connectivity index is 0.0000120. The number of likely N-dealkylation sites (tertiary alicyclic amines) is 1. The van der Waals surface area contributed by atoms with Crippen LogP contribution < -0.4 is 16.0 Å². The van der Waals surface area contributed by atoms with Crippen molar-refractivity contribution >= 4 is 54.2 Å². The second kappa shape index (κ2) is 27.4. The molecule has 2 atom stereocenters. The van der Waals surface area contributed by atoms with Gasteiger partial charge >= 0.3 is 25.0 Å². The van der Waals surface area contributed by atoms with Crippen molar-refractivity contribution in [1.29, 1.82) is 0 Å². The number of hydrogen-bond acceptors (Lipinski definition) is 14. The zero-order valence-electron chi connectivity index (χ0n) is 33.5. The van der Waals surface area contributed by atoms with Gasteiger partial charge in [0.15, 0.2) is 5.78 Å². The molecular formula is C37H59BLuN8O12. The van der Waals surface area contributed by atoms with Gasteiger partial charge in [0.2, 0.25) is 11.8 Å². The second-order valence-corrected chi connectivity index (χ2v) is 14.8. The minimum Gasteiger partial charge on any atom is -0.480 e. The molecule has 337 valence electrons. The van der Waals surface area contributed by atoms with Gasteiger partial charge in [0, 0.05) is 120 Å². The van der Waals surface area contributed by atoms with Crippen molar-refractivity contribution in [3.05, 3.63) is 29.8 Å². The van der Waals surface area contributed by atoms with E-state index in [-0.39, 0.29) is 113 Å². The molecule has 3 amide bonds. The minimum absolute atomic E-state index is 0. The molecule has 2 fully saturated rings. The van der Waals surface area contributed by atoms with E-state index >= 15 is 0 Å². The number of anilines is 1. The zero-order valence-corrected chi connectivity index (χ0v) is 35.1. The SMILES string of the molecule is C[C@@H](NC(=O)c1ccc(NCC(=O)CCCCCNC(=O)CN2CCN(CC(=O)O)CCN(CC(=O)O)CCN(CC(=O)O)CC2)cc1)C(=O)N1CCC[C@H]1B(O)O.[Lu]. The molecule has 22 heteroatoms. The summed E-state index contributed by atoms with van der Waals surface area (Å²) in [5.74, 6) is -4.87. The van der Waals surface area contributed by atoms with Gasteiger partial charge < -0.3 is 46.2 Å². The number of carboxylic acid groups (broad SMARTS) is 3. The van der Waals surface area contributed by atoms with Crippen molar-refractivity contribution < 1.29 is 95.8 Å². The third-order valence-electron chi connectivity index (χ3n) is 10.1. The topological polar surface area (TPSA) is 273 Å². The first-order valence-electron chi connectivity index (χ1n) is 19.8. The van der Waals surface area contributed by atoms with Crippen LogP contribution in [0.3, 0.4) is 0 Å². The van der Waals surface area contributed by atoms with E-state index in [1.165, 1.54) is 4.90 Å². The number of hydrogen-bond donors (Lipinski definition) is 8. The Hall–Kier alpha value is -3.43.